The molecule has 0 bridgehead atoms. The Morgan fingerprint density at radius 1 is 0.806 bits per heavy atom. The second-order valence-corrected chi connectivity index (χ2v) is 20.0. The number of phosphoric acid groups is 4. The van der Waals surface area contributed by atoms with E-state index >= 15 is 0 Å². The molecule has 3 aromatic rings. The first-order valence-corrected chi connectivity index (χ1v) is 24.7. The number of hydrogen-bond acceptors (Lipinski definition) is 28. The molecule has 5 heterocycles. The molecule has 14 N–H and O–H groups in total. The van der Waals surface area contributed by atoms with Crippen molar-refractivity contribution in [1.82, 2.24) is 29.5 Å². The first-order valence-electron chi connectivity index (χ1n) is 18.8. The Bertz CT molecular complexity index is 2530. The number of aliphatic hydroxyl groups is 4. The summed E-state index contributed by atoms with van der Waals surface area (Å²) in [4.78, 5) is 73.5. The van der Waals surface area contributed by atoms with Crippen LogP contribution in [0.25, 0.3) is 11.2 Å². The molecule has 2 aliphatic rings. The van der Waals surface area contributed by atoms with Gasteiger partial charge in [-0.3, -0.25) is 64.8 Å². The molecule has 3 aromatic heterocycles. The van der Waals surface area contributed by atoms with Gasteiger partial charge >= 0.3 is 31.3 Å². The Labute approximate surface area is 376 Å². The normalized spacial score (nSPS) is 27.0. The summed E-state index contributed by atoms with van der Waals surface area (Å²) in [6, 6.07) is 0. The van der Waals surface area contributed by atoms with Gasteiger partial charge in [0.05, 0.1) is 32.8 Å². The van der Waals surface area contributed by atoms with Crippen LogP contribution in [0.2, 0.25) is 0 Å². The van der Waals surface area contributed by atoms with Crippen LogP contribution in [0.5, 0.6) is 0 Å². The number of imidazole rings is 1. The summed E-state index contributed by atoms with van der Waals surface area (Å²) in [6.07, 6.45) is -15.8. The van der Waals surface area contributed by atoms with Crippen molar-refractivity contribution in [2.24, 2.45) is 0 Å². The van der Waals surface area contributed by atoms with Crippen LogP contribution in [0.4, 0.5) is 23.4 Å². The lowest BCUT2D eigenvalue weighted by Crippen LogP contribution is -2.42. The van der Waals surface area contributed by atoms with Gasteiger partial charge in [0, 0.05) is 34.6 Å². The maximum absolute atomic E-state index is 13.2. The third-order valence-corrected chi connectivity index (χ3v) is 13.8. The molecule has 0 amide bonds. The second-order valence-electron chi connectivity index (χ2n) is 13.7. The van der Waals surface area contributed by atoms with E-state index in [1.165, 1.54) is 7.05 Å². The van der Waals surface area contributed by atoms with Crippen LogP contribution in [-0.2, 0) is 68.4 Å². The average molecular weight is 1040 g/mol. The van der Waals surface area contributed by atoms with E-state index in [1.807, 2.05) is 0 Å². The van der Waals surface area contributed by atoms with Crippen molar-refractivity contribution in [3.05, 3.63) is 39.8 Å². The number of aromatic nitrogens is 6. The van der Waals surface area contributed by atoms with Gasteiger partial charge in [0.15, 0.2) is 29.4 Å². The molecule has 13 atom stereocenters. The van der Waals surface area contributed by atoms with Crippen LogP contribution in [0.15, 0.2) is 28.7 Å². The first-order chi connectivity index (χ1) is 31.3. The van der Waals surface area contributed by atoms with Crippen molar-refractivity contribution < 1.29 is 104 Å². The molecule has 2 aliphatic heterocycles. The standard InChI is InChI=1S/C29H48N10O24P4/c1-6-38(22-16(32-2)24(44)36-28(30)34-22)26-20(42)18(40)14(60-26)9-58-65(48,49)56-7-12(62-64(46,47)53-3)13(63-67(52,54-4)55-5)8-57-66(50,51)59-10-15-19(41)21(43)27(61-15)39-11-33-17-23(39)35-29(31)37-25(17)45/h6,11-15,18-21,26-27,32,40-43H,1,7-10H2,2-5H3,(H,46,47)(H,48,49)(H,50,51)(H3,30,34,36,44)(H3,31,35,37,45)/t12?,13?,14-,15?,18?,19-,20?,21-,26-,27?/m1/s1. The number of H-pyrrole nitrogens is 2. The van der Waals surface area contributed by atoms with Gasteiger partial charge in [0.25, 0.3) is 11.1 Å². The van der Waals surface area contributed by atoms with E-state index in [0.717, 1.165) is 36.2 Å². The van der Waals surface area contributed by atoms with Crippen molar-refractivity contribution in [2.75, 3.05) is 76.5 Å². The highest BCUT2D eigenvalue weighted by molar-refractivity contribution is 7.48. The number of hydrogen-bond donors (Lipinski definition) is 12. The Morgan fingerprint density at radius 3 is 1.90 bits per heavy atom. The van der Waals surface area contributed by atoms with E-state index in [0.29, 0.717) is 7.11 Å². The maximum atomic E-state index is 13.2. The van der Waals surface area contributed by atoms with Crippen molar-refractivity contribution >= 4 is 65.9 Å². The number of fused-ring (bicyclic) bond motifs is 1. The number of nitrogens with two attached hydrogens (primary N) is 2. The molecule has 9 unspecified atom stereocenters. The van der Waals surface area contributed by atoms with E-state index < -0.39 is 130 Å². The zero-order valence-electron chi connectivity index (χ0n) is 35.2. The fourth-order valence-electron chi connectivity index (χ4n) is 6.22. The van der Waals surface area contributed by atoms with Crippen LogP contribution in [0, 0.1) is 0 Å². The molecule has 2 saturated heterocycles. The van der Waals surface area contributed by atoms with Crippen LogP contribution in [0.3, 0.4) is 0 Å². The van der Waals surface area contributed by atoms with E-state index in [-0.39, 0.29) is 34.6 Å². The fourth-order valence-corrected chi connectivity index (χ4v) is 9.19. The molecule has 67 heavy (non-hydrogen) atoms. The van der Waals surface area contributed by atoms with Gasteiger partial charge in [-0.1, -0.05) is 6.58 Å². The van der Waals surface area contributed by atoms with Crippen molar-refractivity contribution in [1.29, 1.82) is 0 Å². The van der Waals surface area contributed by atoms with Crippen LogP contribution in [-0.4, -0.2) is 174 Å². The van der Waals surface area contributed by atoms with Crippen LogP contribution < -0.4 is 32.8 Å². The third-order valence-electron chi connectivity index (χ3n) is 9.52. The molecular formula is C29H48N10O24P4. The molecule has 378 valence electrons. The lowest BCUT2D eigenvalue weighted by Gasteiger charge is -2.30. The van der Waals surface area contributed by atoms with Crippen LogP contribution >= 0.6 is 31.3 Å². The van der Waals surface area contributed by atoms with E-state index in [4.69, 9.17) is 57.1 Å². The van der Waals surface area contributed by atoms with Crippen molar-refractivity contribution in [2.45, 2.75) is 61.3 Å². The smallest absolute Gasteiger partial charge is 0.387 e. The monoisotopic (exact) mass is 1040 g/mol. The molecule has 5 rings (SSSR count). The largest absolute Gasteiger partial charge is 0.474 e. The molecular weight excluding hydrogens is 996 g/mol. The summed E-state index contributed by atoms with van der Waals surface area (Å²) in [7, 11) is -17.0. The van der Waals surface area contributed by atoms with Gasteiger partial charge in [-0.05, 0) is 0 Å². The Hall–Kier alpha value is -3.63. The molecule has 34 nitrogen and oxygen atoms in total. The van der Waals surface area contributed by atoms with Gasteiger partial charge in [-0.15, -0.1) is 0 Å². The van der Waals surface area contributed by atoms with Gasteiger partial charge in [0.2, 0.25) is 11.9 Å². The minimum Gasteiger partial charge on any atom is -0.387 e. The van der Waals surface area contributed by atoms with Crippen molar-refractivity contribution in [3.8, 4) is 0 Å². The number of aromatic amines is 2. The van der Waals surface area contributed by atoms with E-state index in [9.17, 15) is 63.0 Å². The molecule has 0 aliphatic carbocycles. The Morgan fingerprint density at radius 2 is 1.34 bits per heavy atom. The fraction of sp³-hybridized carbons (Fsp3) is 0.621. The van der Waals surface area contributed by atoms with E-state index in [1.54, 1.807) is 0 Å². The molecule has 38 heteroatoms. The first kappa shape index (κ1) is 54.3. The summed E-state index contributed by atoms with van der Waals surface area (Å²) in [5.74, 6) is -0.859. The highest BCUT2D eigenvalue weighted by atomic mass is 31.2. The number of aliphatic hydroxyl groups excluding tert-OH is 4. The van der Waals surface area contributed by atoms with Gasteiger partial charge < -0.3 is 66.3 Å². The predicted molar refractivity (Wildman–Crippen MR) is 222 cm³/mol. The maximum Gasteiger partial charge on any atom is 0.474 e. The third kappa shape index (κ3) is 13.0. The number of ether oxygens (including phenoxy) is 2. The average Bonchev–Trinajstić information content (AvgIpc) is 3.91. The number of rotatable bonds is 25. The summed E-state index contributed by atoms with van der Waals surface area (Å²) < 4.78 is 108. The summed E-state index contributed by atoms with van der Waals surface area (Å²) >= 11 is 0. The SMILES string of the molecule is C=CN(c1nc(N)[nH]c(=O)c1NC)[C@@H]1O[C@H](COP(=O)(O)OCC(OP(=O)(O)OC)C(COP(=O)(O)OCC2OC(n3cnc4c(=O)[nH]c(N)nc43)[C@H](O)[C@@H]2O)OP(=O)(OC)OC)C(O)C1O. The Balaban J connectivity index is 1.27. The zero-order chi connectivity index (χ0) is 49.8. The molecule has 2 fully saturated rings. The molecule has 0 aromatic carbocycles. The lowest BCUT2D eigenvalue weighted by atomic mass is 10.1. The minimum absolute atomic E-state index is 0.153. The van der Waals surface area contributed by atoms with Crippen molar-refractivity contribution in [3.63, 3.8) is 0 Å². The van der Waals surface area contributed by atoms with Crippen LogP contribution in [0.1, 0.15) is 6.23 Å². The number of phosphoric ester groups is 4. The number of nitrogens with one attached hydrogen (secondary N) is 3. The number of nitrogen functional groups attached to an aromatic ring is 2. The second kappa shape index (κ2) is 22.0. The zero-order valence-corrected chi connectivity index (χ0v) is 38.8. The lowest BCUT2D eigenvalue weighted by molar-refractivity contribution is -0.0584. The number of nitrogens with zero attached hydrogens (tertiary/aromatic N) is 5. The Kier molecular flexibility index (Phi) is 17.8. The quantitative estimate of drug-likeness (QED) is 0.0385. The topological polar surface area (TPSA) is 488 Å². The molecule has 0 saturated carbocycles. The van der Waals surface area contributed by atoms with Gasteiger partial charge in [0.1, 0.15) is 54.5 Å². The highest BCUT2D eigenvalue weighted by Gasteiger charge is 2.49. The minimum atomic E-state index is -5.42. The predicted octanol–water partition coefficient (Wildman–Crippen LogP) is -2.69. The molecule has 0 radical (unpaired) electrons. The highest BCUT2D eigenvalue weighted by Crippen LogP contribution is 2.54. The van der Waals surface area contributed by atoms with Gasteiger partial charge in [-0.25, -0.2) is 23.2 Å². The van der Waals surface area contributed by atoms with E-state index in [2.05, 4.69) is 41.3 Å². The summed E-state index contributed by atoms with van der Waals surface area (Å²) in [6.45, 7) is -1.13. The summed E-state index contributed by atoms with van der Waals surface area (Å²) in [5.41, 5.74) is 9.32. The molecule has 0 spiro atoms. The number of anilines is 4. The summed E-state index contributed by atoms with van der Waals surface area (Å²) in [5, 5.41) is 45.6. The van der Waals surface area contributed by atoms with Gasteiger partial charge in [-0.2, -0.15) is 9.97 Å².